The molecule has 2 aliphatic rings. The molecule has 2 atom stereocenters. The quantitative estimate of drug-likeness (QED) is 0.927. The first-order valence-electron chi connectivity index (χ1n) is 7.43. The molecule has 114 valence electrons. The second-order valence-corrected chi connectivity index (χ2v) is 7.34. The molecular weight excluding hydrogens is 286 g/mol. The van der Waals surface area contributed by atoms with Gasteiger partial charge in [0.25, 0.3) is 0 Å². The van der Waals surface area contributed by atoms with Crippen molar-refractivity contribution in [2.24, 2.45) is 5.92 Å². The number of hydrogen-bond acceptors (Lipinski definition) is 4. The van der Waals surface area contributed by atoms with Gasteiger partial charge in [0, 0.05) is 23.5 Å². The van der Waals surface area contributed by atoms with E-state index in [0.717, 1.165) is 23.5 Å². The van der Waals surface area contributed by atoms with Crippen molar-refractivity contribution in [3.8, 4) is 0 Å². The SMILES string of the molecule is Cc1csc(CN2C(=O)C(C)(C3CC3)NC(=O)CC2C)n1. The molecule has 2 heterocycles. The summed E-state index contributed by atoms with van der Waals surface area (Å²) < 4.78 is 0. The van der Waals surface area contributed by atoms with Gasteiger partial charge < -0.3 is 10.2 Å². The van der Waals surface area contributed by atoms with Crippen LogP contribution < -0.4 is 5.32 Å². The zero-order valence-corrected chi connectivity index (χ0v) is 13.5. The number of aromatic nitrogens is 1. The molecule has 1 aliphatic heterocycles. The molecule has 0 bridgehead atoms. The minimum Gasteiger partial charge on any atom is -0.342 e. The zero-order valence-electron chi connectivity index (χ0n) is 12.7. The number of nitrogens with zero attached hydrogens (tertiary/aromatic N) is 2. The van der Waals surface area contributed by atoms with Crippen LogP contribution >= 0.6 is 11.3 Å². The van der Waals surface area contributed by atoms with Gasteiger partial charge in [0.15, 0.2) is 0 Å². The fourth-order valence-corrected chi connectivity index (χ4v) is 3.83. The lowest BCUT2D eigenvalue weighted by Crippen LogP contribution is -2.57. The summed E-state index contributed by atoms with van der Waals surface area (Å²) in [7, 11) is 0. The average molecular weight is 307 g/mol. The van der Waals surface area contributed by atoms with Crippen molar-refractivity contribution in [1.82, 2.24) is 15.2 Å². The van der Waals surface area contributed by atoms with Crippen molar-refractivity contribution in [3.05, 3.63) is 16.1 Å². The number of carbonyl (C=O) groups is 2. The summed E-state index contributed by atoms with van der Waals surface area (Å²) in [4.78, 5) is 31.4. The van der Waals surface area contributed by atoms with Crippen LogP contribution in [0.15, 0.2) is 5.38 Å². The van der Waals surface area contributed by atoms with Gasteiger partial charge in [0.2, 0.25) is 11.8 Å². The molecule has 5 nitrogen and oxygen atoms in total. The van der Waals surface area contributed by atoms with Crippen molar-refractivity contribution in [1.29, 1.82) is 0 Å². The maximum atomic E-state index is 13.0. The Kier molecular flexibility index (Phi) is 3.51. The molecule has 0 aromatic carbocycles. The Morgan fingerprint density at radius 3 is 2.76 bits per heavy atom. The third kappa shape index (κ3) is 2.69. The number of rotatable bonds is 3. The summed E-state index contributed by atoms with van der Waals surface area (Å²) in [5.41, 5.74) is 0.234. The van der Waals surface area contributed by atoms with Crippen molar-refractivity contribution in [2.75, 3.05) is 0 Å². The second kappa shape index (κ2) is 5.09. The Morgan fingerprint density at radius 1 is 1.48 bits per heavy atom. The predicted octanol–water partition coefficient (Wildman–Crippen LogP) is 1.86. The van der Waals surface area contributed by atoms with Gasteiger partial charge in [-0.2, -0.15) is 0 Å². The van der Waals surface area contributed by atoms with Crippen LogP contribution in [-0.2, 0) is 16.1 Å². The van der Waals surface area contributed by atoms with Crippen LogP contribution in [0.2, 0.25) is 0 Å². The maximum Gasteiger partial charge on any atom is 0.248 e. The number of thiazole rings is 1. The van der Waals surface area contributed by atoms with Crippen LogP contribution in [0.4, 0.5) is 0 Å². The van der Waals surface area contributed by atoms with E-state index in [0.29, 0.717) is 13.0 Å². The third-order valence-corrected chi connectivity index (χ3v) is 5.43. The summed E-state index contributed by atoms with van der Waals surface area (Å²) >= 11 is 1.57. The number of aryl methyl sites for hydroxylation is 1. The third-order valence-electron chi connectivity index (χ3n) is 4.48. The molecule has 1 saturated carbocycles. The monoisotopic (exact) mass is 307 g/mol. The molecule has 1 N–H and O–H groups in total. The van der Waals surface area contributed by atoms with Gasteiger partial charge in [0.1, 0.15) is 10.5 Å². The van der Waals surface area contributed by atoms with Gasteiger partial charge in [-0.3, -0.25) is 9.59 Å². The second-order valence-electron chi connectivity index (χ2n) is 6.39. The summed E-state index contributed by atoms with van der Waals surface area (Å²) in [6.07, 6.45) is 2.39. The molecule has 0 spiro atoms. The van der Waals surface area contributed by atoms with Gasteiger partial charge in [-0.05, 0) is 39.5 Å². The lowest BCUT2D eigenvalue weighted by atomic mass is 9.94. The smallest absolute Gasteiger partial charge is 0.248 e. The minimum atomic E-state index is -0.742. The number of nitrogens with one attached hydrogen (secondary N) is 1. The molecule has 3 rings (SSSR count). The first-order valence-corrected chi connectivity index (χ1v) is 8.31. The van der Waals surface area contributed by atoms with Gasteiger partial charge in [0.05, 0.1) is 6.54 Å². The van der Waals surface area contributed by atoms with E-state index in [4.69, 9.17) is 0 Å². The first kappa shape index (κ1) is 14.5. The van der Waals surface area contributed by atoms with Crippen LogP contribution in [-0.4, -0.2) is 33.3 Å². The molecule has 1 aliphatic carbocycles. The maximum absolute atomic E-state index is 13.0. The molecule has 1 saturated heterocycles. The van der Waals surface area contributed by atoms with E-state index in [-0.39, 0.29) is 23.8 Å². The van der Waals surface area contributed by atoms with Crippen molar-refractivity contribution in [3.63, 3.8) is 0 Å². The number of hydrogen-bond donors (Lipinski definition) is 1. The normalized spacial score (nSPS) is 30.2. The Hall–Kier alpha value is -1.43. The van der Waals surface area contributed by atoms with Gasteiger partial charge >= 0.3 is 0 Å². The highest BCUT2D eigenvalue weighted by molar-refractivity contribution is 7.09. The largest absolute Gasteiger partial charge is 0.342 e. The molecule has 1 aromatic rings. The number of amides is 2. The van der Waals surface area contributed by atoms with Crippen molar-refractivity contribution >= 4 is 23.2 Å². The highest BCUT2D eigenvalue weighted by atomic mass is 32.1. The fourth-order valence-electron chi connectivity index (χ4n) is 3.06. The van der Waals surface area contributed by atoms with Crippen LogP contribution in [0.25, 0.3) is 0 Å². The molecule has 6 heteroatoms. The molecule has 0 radical (unpaired) electrons. The molecule has 2 unspecified atom stereocenters. The average Bonchev–Trinajstić information content (AvgIpc) is 3.19. The highest BCUT2D eigenvalue weighted by Gasteiger charge is 2.52. The van der Waals surface area contributed by atoms with Crippen molar-refractivity contribution < 1.29 is 9.59 Å². The summed E-state index contributed by atoms with van der Waals surface area (Å²) in [5, 5.41) is 5.89. The lowest BCUT2D eigenvalue weighted by Gasteiger charge is -2.34. The topological polar surface area (TPSA) is 62.3 Å². The van der Waals surface area contributed by atoms with E-state index in [9.17, 15) is 9.59 Å². The number of carbonyl (C=O) groups excluding carboxylic acids is 2. The van der Waals surface area contributed by atoms with E-state index < -0.39 is 5.54 Å². The highest BCUT2D eigenvalue weighted by Crippen LogP contribution is 2.42. The van der Waals surface area contributed by atoms with Crippen LogP contribution in [0, 0.1) is 12.8 Å². The van der Waals surface area contributed by atoms with Gasteiger partial charge in [-0.25, -0.2) is 4.98 Å². The van der Waals surface area contributed by atoms with E-state index in [2.05, 4.69) is 10.3 Å². The summed E-state index contributed by atoms with van der Waals surface area (Å²) in [6, 6.07) is -0.0951. The van der Waals surface area contributed by atoms with E-state index in [1.165, 1.54) is 0 Å². The molecular formula is C15H21N3O2S. The van der Waals surface area contributed by atoms with Crippen molar-refractivity contribution in [2.45, 2.75) is 58.2 Å². The fraction of sp³-hybridized carbons (Fsp3) is 0.667. The minimum absolute atomic E-state index is 0.0249. The summed E-state index contributed by atoms with van der Waals surface area (Å²) in [5.74, 6) is 0.291. The predicted molar refractivity (Wildman–Crippen MR) is 80.8 cm³/mol. The first-order chi connectivity index (χ1) is 9.90. The lowest BCUT2D eigenvalue weighted by molar-refractivity contribution is -0.141. The Morgan fingerprint density at radius 2 is 2.19 bits per heavy atom. The van der Waals surface area contributed by atoms with E-state index in [1.54, 1.807) is 11.3 Å². The van der Waals surface area contributed by atoms with Crippen LogP contribution in [0.5, 0.6) is 0 Å². The zero-order chi connectivity index (χ0) is 15.2. The Balaban J connectivity index is 1.88. The van der Waals surface area contributed by atoms with E-state index in [1.807, 2.05) is 31.1 Å². The Bertz CT molecular complexity index is 581. The van der Waals surface area contributed by atoms with Crippen LogP contribution in [0.1, 0.15) is 43.8 Å². The molecule has 2 amide bonds. The molecule has 2 fully saturated rings. The summed E-state index contributed by atoms with van der Waals surface area (Å²) in [6.45, 7) is 6.27. The molecule has 1 aromatic heterocycles. The van der Waals surface area contributed by atoms with Gasteiger partial charge in [-0.15, -0.1) is 11.3 Å². The molecule has 21 heavy (non-hydrogen) atoms. The van der Waals surface area contributed by atoms with Crippen LogP contribution in [0.3, 0.4) is 0 Å². The van der Waals surface area contributed by atoms with E-state index >= 15 is 0 Å². The standard InChI is InChI=1S/C15H21N3O2S/c1-9-8-21-13(16-9)7-18-10(2)6-12(19)17-15(3,14(18)20)11-4-5-11/h8,10-11H,4-7H2,1-3H3,(H,17,19). The van der Waals surface area contributed by atoms with Gasteiger partial charge in [-0.1, -0.05) is 0 Å². The Labute approximate surface area is 128 Å².